The van der Waals surface area contributed by atoms with Gasteiger partial charge in [-0.15, -0.1) is 0 Å². The van der Waals surface area contributed by atoms with Crippen LogP contribution in [0.3, 0.4) is 0 Å². The van der Waals surface area contributed by atoms with Crippen molar-refractivity contribution in [1.29, 1.82) is 0 Å². The van der Waals surface area contributed by atoms with Crippen molar-refractivity contribution in [3.8, 4) is 5.75 Å². The Hall–Kier alpha value is -1.64. The van der Waals surface area contributed by atoms with Crippen molar-refractivity contribution >= 4 is 0 Å². The number of halogens is 2. The van der Waals surface area contributed by atoms with Crippen LogP contribution in [0, 0.1) is 23.5 Å². The first-order valence-corrected chi connectivity index (χ1v) is 10.6. The number of benzene rings is 1. The van der Waals surface area contributed by atoms with E-state index >= 15 is 0 Å². The van der Waals surface area contributed by atoms with Crippen LogP contribution in [-0.2, 0) is 0 Å². The summed E-state index contributed by atoms with van der Waals surface area (Å²) in [6.07, 6.45) is 18.4. The van der Waals surface area contributed by atoms with Crippen LogP contribution in [-0.4, -0.2) is 5.11 Å². The highest BCUT2D eigenvalue weighted by molar-refractivity contribution is 5.32. The molecule has 0 aromatic heterocycles. The number of phenols is 1. The van der Waals surface area contributed by atoms with Gasteiger partial charge in [0.25, 0.3) is 0 Å². The summed E-state index contributed by atoms with van der Waals surface area (Å²) in [6.45, 7) is 2.09. The molecule has 0 aliphatic heterocycles. The monoisotopic (exact) mass is 374 g/mol. The molecule has 2 fully saturated rings. The maximum Gasteiger partial charge on any atom is 0.200 e. The largest absolute Gasteiger partial charge is 0.505 e. The average Bonchev–Trinajstić information content (AvgIpc) is 2.69. The van der Waals surface area contributed by atoms with E-state index in [1.165, 1.54) is 44.6 Å². The Balaban J connectivity index is 1.49. The van der Waals surface area contributed by atoms with Crippen LogP contribution < -0.4 is 0 Å². The van der Waals surface area contributed by atoms with Crippen molar-refractivity contribution in [2.75, 3.05) is 0 Å². The molecule has 1 nitrogen and oxygen atoms in total. The number of phenolic OH excluding ortho intramolecular Hbond substituents is 1. The van der Waals surface area contributed by atoms with Crippen molar-refractivity contribution in [1.82, 2.24) is 0 Å². The van der Waals surface area contributed by atoms with E-state index in [2.05, 4.69) is 25.2 Å². The van der Waals surface area contributed by atoms with Gasteiger partial charge in [-0.1, -0.05) is 29.9 Å². The highest BCUT2D eigenvalue weighted by Crippen LogP contribution is 2.40. The van der Waals surface area contributed by atoms with Gasteiger partial charge in [-0.25, -0.2) is 4.39 Å². The van der Waals surface area contributed by atoms with Gasteiger partial charge in [-0.2, -0.15) is 4.39 Å². The first-order chi connectivity index (χ1) is 13.1. The lowest BCUT2D eigenvalue weighted by atomic mass is 9.76. The predicted octanol–water partition coefficient (Wildman–Crippen LogP) is 7.42. The third kappa shape index (κ3) is 5.21. The van der Waals surface area contributed by atoms with Gasteiger partial charge in [0.1, 0.15) is 0 Å². The van der Waals surface area contributed by atoms with Crippen molar-refractivity contribution in [2.24, 2.45) is 11.8 Å². The quantitative estimate of drug-likeness (QED) is 0.532. The molecular weight excluding hydrogens is 342 g/mol. The summed E-state index contributed by atoms with van der Waals surface area (Å²) in [5.41, 5.74) is 2.04. The Morgan fingerprint density at radius 1 is 1.00 bits per heavy atom. The van der Waals surface area contributed by atoms with Crippen LogP contribution in [0.4, 0.5) is 8.78 Å². The van der Waals surface area contributed by atoms with Crippen LogP contribution in [0.25, 0.3) is 0 Å². The lowest BCUT2D eigenvalue weighted by molar-refractivity contribution is 0.350. The van der Waals surface area contributed by atoms with E-state index in [1.807, 2.05) is 0 Å². The third-order valence-corrected chi connectivity index (χ3v) is 6.50. The van der Waals surface area contributed by atoms with Crippen molar-refractivity contribution in [2.45, 2.75) is 77.0 Å². The number of rotatable bonds is 5. The Bertz CT molecular complexity index is 674. The smallest absolute Gasteiger partial charge is 0.200 e. The van der Waals surface area contributed by atoms with Crippen molar-refractivity contribution in [3.63, 3.8) is 0 Å². The fraction of sp³-hybridized carbons (Fsp3) is 0.583. The van der Waals surface area contributed by atoms with E-state index in [0.717, 1.165) is 31.6 Å². The SMILES string of the molecule is C/C=C/CCC1CCC(=CC2CCC(c3ccc(O)c(F)c3F)CC2)CC1. The van der Waals surface area contributed by atoms with E-state index in [4.69, 9.17) is 0 Å². The summed E-state index contributed by atoms with van der Waals surface area (Å²) in [5, 5.41) is 9.30. The molecule has 1 N–H and O–H groups in total. The minimum absolute atomic E-state index is 0.0668. The normalized spacial score (nSPS) is 26.5. The van der Waals surface area contributed by atoms with Crippen molar-refractivity contribution in [3.05, 3.63) is 53.1 Å². The molecule has 0 bridgehead atoms. The molecule has 0 amide bonds. The van der Waals surface area contributed by atoms with E-state index in [1.54, 1.807) is 11.6 Å². The zero-order chi connectivity index (χ0) is 19.2. The van der Waals surface area contributed by atoms with Gasteiger partial charge in [0.15, 0.2) is 11.6 Å². The first-order valence-electron chi connectivity index (χ1n) is 10.6. The Kier molecular flexibility index (Phi) is 7.09. The minimum atomic E-state index is -1.11. The molecule has 0 atom stereocenters. The predicted molar refractivity (Wildman–Crippen MR) is 107 cm³/mol. The maximum atomic E-state index is 14.1. The highest BCUT2D eigenvalue weighted by Gasteiger charge is 2.26. The van der Waals surface area contributed by atoms with Crippen LogP contribution in [0.5, 0.6) is 5.75 Å². The zero-order valence-corrected chi connectivity index (χ0v) is 16.4. The van der Waals surface area contributed by atoms with Gasteiger partial charge >= 0.3 is 0 Å². The van der Waals surface area contributed by atoms with E-state index in [9.17, 15) is 13.9 Å². The molecule has 1 aromatic rings. The maximum absolute atomic E-state index is 14.1. The van der Waals surface area contributed by atoms with Crippen LogP contribution >= 0.6 is 0 Å². The second kappa shape index (κ2) is 9.52. The summed E-state index contributed by atoms with van der Waals surface area (Å²) in [6, 6.07) is 2.82. The van der Waals surface area contributed by atoms with Crippen molar-refractivity contribution < 1.29 is 13.9 Å². The molecule has 0 unspecified atom stereocenters. The molecule has 0 saturated heterocycles. The summed E-state index contributed by atoms with van der Waals surface area (Å²) in [5.74, 6) is -1.05. The zero-order valence-electron chi connectivity index (χ0n) is 16.4. The second-order valence-corrected chi connectivity index (χ2v) is 8.33. The Morgan fingerprint density at radius 2 is 1.70 bits per heavy atom. The molecule has 0 heterocycles. The molecule has 2 aliphatic rings. The van der Waals surface area contributed by atoms with E-state index in [0.29, 0.717) is 11.5 Å². The topological polar surface area (TPSA) is 20.2 Å². The van der Waals surface area contributed by atoms with Gasteiger partial charge in [0.2, 0.25) is 5.82 Å². The molecule has 2 saturated carbocycles. The van der Waals surface area contributed by atoms with Gasteiger partial charge in [0.05, 0.1) is 0 Å². The van der Waals surface area contributed by atoms with Crippen LogP contribution in [0.2, 0.25) is 0 Å². The lowest BCUT2D eigenvalue weighted by Crippen LogP contribution is -2.15. The van der Waals surface area contributed by atoms with Gasteiger partial charge < -0.3 is 5.11 Å². The molecule has 0 spiro atoms. The minimum Gasteiger partial charge on any atom is -0.505 e. The fourth-order valence-electron chi connectivity index (χ4n) is 4.80. The number of hydrogen-bond acceptors (Lipinski definition) is 1. The molecule has 3 rings (SSSR count). The molecule has 27 heavy (non-hydrogen) atoms. The second-order valence-electron chi connectivity index (χ2n) is 8.33. The first kappa shape index (κ1) is 20.1. The van der Waals surface area contributed by atoms with E-state index < -0.39 is 17.4 Å². The molecule has 2 aliphatic carbocycles. The molecule has 1 aromatic carbocycles. The third-order valence-electron chi connectivity index (χ3n) is 6.50. The summed E-state index contributed by atoms with van der Waals surface area (Å²) in [7, 11) is 0. The molecule has 3 heteroatoms. The van der Waals surface area contributed by atoms with Gasteiger partial charge in [-0.05, 0) is 101 Å². The lowest BCUT2D eigenvalue weighted by Gasteiger charge is -2.29. The summed E-state index contributed by atoms with van der Waals surface area (Å²) >= 11 is 0. The van der Waals surface area contributed by atoms with E-state index in [-0.39, 0.29) is 5.92 Å². The number of hydrogen-bond donors (Lipinski definition) is 1. The summed E-state index contributed by atoms with van der Waals surface area (Å²) < 4.78 is 27.7. The van der Waals surface area contributed by atoms with Gasteiger partial charge in [0, 0.05) is 0 Å². The molecule has 0 radical (unpaired) electrons. The molecule has 148 valence electrons. The standard InChI is InChI=1S/C24H32F2O/c1-2-3-4-5-17-6-8-18(9-7-17)16-19-10-12-20(13-11-19)21-14-15-22(27)24(26)23(21)25/h2-3,14-17,19-20,27H,4-13H2,1H3/b3-2+,18-16?. The summed E-state index contributed by atoms with van der Waals surface area (Å²) in [4.78, 5) is 0. The van der Waals surface area contributed by atoms with Crippen LogP contribution in [0.1, 0.15) is 82.6 Å². The number of aromatic hydroxyl groups is 1. The van der Waals surface area contributed by atoms with Crippen LogP contribution in [0.15, 0.2) is 35.9 Å². The number of allylic oxidation sites excluding steroid dienone is 4. The Labute approximate surface area is 162 Å². The average molecular weight is 375 g/mol. The fourth-order valence-corrected chi connectivity index (χ4v) is 4.80. The highest BCUT2D eigenvalue weighted by atomic mass is 19.2. The van der Waals surface area contributed by atoms with Gasteiger partial charge in [-0.3, -0.25) is 0 Å². The molecular formula is C24H32F2O. The Morgan fingerprint density at radius 3 is 2.37 bits per heavy atom.